The van der Waals surface area contributed by atoms with Gasteiger partial charge in [0.05, 0.1) is 78.9 Å². The maximum absolute atomic E-state index is 13.5. The first-order chi connectivity index (χ1) is 51.4. The average molecular weight is 1570 g/mol. The SMILES string of the molecule is CC1CN(C(=O)c2[nH]cnc2C(=O)NC2CCC3(CC2)CCN(c2ccc(F)cc2Cl)C3=O)CCS(=O)(=O)C1.CN(C(=O)c1[nH]cnc1C(N)=O)C1CCC2(CC1)CCN(c1ccc(F)cc1Cl)C2=O.CN1CC2(CCN(C(=O)c3[nH]cnc3C(=O)NC3CCC4(CC3)CCN(c3ccc(F)cc3Cl)C4=O)C2)C1. The molecule has 9 heterocycles. The van der Waals surface area contributed by atoms with Gasteiger partial charge < -0.3 is 65.6 Å². The first-order valence-electron chi connectivity index (χ1n) is 36.5. The summed E-state index contributed by atoms with van der Waals surface area (Å²) in [6.07, 6.45) is 14.5. The van der Waals surface area contributed by atoms with Crippen LogP contribution in [0.3, 0.4) is 0 Å². The van der Waals surface area contributed by atoms with E-state index in [0.717, 1.165) is 19.5 Å². The van der Waals surface area contributed by atoms with Crippen molar-refractivity contribution in [2.24, 2.45) is 33.3 Å². The Morgan fingerprint density at radius 3 is 1.35 bits per heavy atom. The third kappa shape index (κ3) is 15.6. The number of anilines is 3. The van der Waals surface area contributed by atoms with Gasteiger partial charge in [0.25, 0.3) is 35.4 Å². The van der Waals surface area contributed by atoms with E-state index in [1.54, 1.807) is 39.6 Å². The summed E-state index contributed by atoms with van der Waals surface area (Å²) in [5.74, 6) is -4.31. The molecule has 9 aliphatic rings. The Kier molecular flexibility index (Phi) is 22.1. The zero-order chi connectivity index (χ0) is 76.9. The van der Waals surface area contributed by atoms with E-state index < -0.39 is 61.3 Å². The van der Waals surface area contributed by atoms with Crippen LogP contribution in [-0.4, -0.2) is 214 Å². The highest BCUT2D eigenvalue weighted by atomic mass is 35.5. The number of aromatic amines is 3. The lowest BCUT2D eigenvalue weighted by Gasteiger charge is -2.46. The van der Waals surface area contributed by atoms with Crippen molar-refractivity contribution in [1.82, 2.24) is 60.1 Å². The lowest BCUT2D eigenvalue weighted by atomic mass is 9.71. The van der Waals surface area contributed by atoms with Crippen LogP contribution >= 0.6 is 34.8 Å². The van der Waals surface area contributed by atoms with Crippen LogP contribution < -0.4 is 31.1 Å². The summed E-state index contributed by atoms with van der Waals surface area (Å²) in [6.45, 7) is 7.05. The maximum atomic E-state index is 13.5. The number of nitrogens with one attached hydrogen (secondary N) is 5. The fourth-order valence-corrected chi connectivity index (χ4v) is 20.3. The van der Waals surface area contributed by atoms with Crippen LogP contribution in [0.1, 0.15) is 173 Å². The number of nitrogens with zero attached hydrogens (tertiary/aromatic N) is 10. The van der Waals surface area contributed by atoms with E-state index in [0.29, 0.717) is 146 Å². The lowest BCUT2D eigenvalue weighted by molar-refractivity contribution is -0.128. The molecule has 6 aliphatic heterocycles. The number of primary amides is 1. The van der Waals surface area contributed by atoms with Crippen LogP contribution in [0.25, 0.3) is 0 Å². The van der Waals surface area contributed by atoms with Gasteiger partial charge in [-0.1, -0.05) is 41.7 Å². The highest BCUT2D eigenvalue weighted by molar-refractivity contribution is 7.91. The van der Waals surface area contributed by atoms with E-state index in [1.165, 1.54) is 72.4 Å². The Morgan fingerprint density at radius 2 is 0.944 bits per heavy atom. The molecular weight excluding hydrogens is 1480 g/mol. The molecule has 15 rings (SSSR count). The van der Waals surface area contributed by atoms with E-state index in [2.05, 4.69) is 52.5 Å². The summed E-state index contributed by atoms with van der Waals surface area (Å²) < 4.78 is 64.5. The van der Waals surface area contributed by atoms with Gasteiger partial charge in [0.1, 0.15) is 34.5 Å². The zero-order valence-corrected chi connectivity index (χ0v) is 63.1. The molecule has 3 aliphatic carbocycles. The van der Waals surface area contributed by atoms with Crippen LogP contribution in [0.15, 0.2) is 73.6 Å². The highest BCUT2D eigenvalue weighted by Crippen LogP contribution is 2.51. The predicted molar refractivity (Wildman–Crippen MR) is 395 cm³/mol. The number of benzene rings is 3. The average Bonchev–Trinajstić information content (AvgIpc) is 1.61. The van der Waals surface area contributed by atoms with Gasteiger partial charge in [0, 0.05) is 89.5 Å². The largest absolute Gasteiger partial charge is 0.364 e. The second-order valence-electron chi connectivity index (χ2n) is 30.8. The predicted octanol–water partition coefficient (Wildman–Crippen LogP) is 8.62. The number of aromatic nitrogens is 6. The van der Waals surface area contributed by atoms with Crippen molar-refractivity contribution in [3.05, 3.63) is 140 Å². The van der Waals surface area contributed by atoms with E-state index >= 15 is 0 Å². The molecule has 34 heteroatoms. The fourth-order valence-electron chi connectivity index (χ4n) is 17.8. The fraction of sp³-hybridized carbons (Fsp3) is 0.514. The molecule has 108 heavy (non-hydrogen) atoms. The van der Waals surface area contributed by atoms with E-state index in [9.17, 15) is 64.7 Å². The molecule has 0 bridgehead atoms. The molecule has 1 atom stereocenters. The number of amides is 9. The summed E-state index contributed by atoms with van der Waals surface area (Å²) in [7, 11) is 0.528. The Labute approximate surface area is 636 Å². The van der Waals surface area contributed by atoms with E-state index in [4.69, 9.17) is 40.5 Å². The number of rotatable bonds is 12. The molecule has 3 saturated carbocycles. The summed E-state index contributed by atoms with van der Waals surface area (Å²) in [5.41, 5.74) is 5.84. The third-order valence-electron chi connectivity index (χ3n) is 23.7. The molecular formula is C74H86Cl3F3N16O11S. The van der Waals surface area contributed by atoms with Crippen LogP contribution in [0, 0.1) is 45.0 Å². The van der Waals surface area contributed by atoms with Crippen LogP contribution in [0.5, 0.6) is 0 Å². The molecule has 1 unspecified atom stereocenters. The third-order valence-corrected chi connectivity index (χ3v) is 26.5. The Hall–Kier alpha value is -8.91. The number of halogens is 6. The molecule has 27 nitrogen and oxygen atoms in total. The van der Waals surface area contributed by atoms with Crippen LogP contribution in [0.2, 0.25) is 15.1 Å². The molecule has 0 radical (unpaired) electrons. The molecule has 3 aromatic carbocycles. The Bertz CT molecular complexity index is 4640. The van der Waals surface area contributed by atoms with Crippen molar-refractivity contribution < 1.29 is 64.7 Å². The number of hydrogen-bond acceptors (Lipinski definition) is 15. The maximum Gasteiger partial charge on any atom is 0.272 e. The molecule has 6 saturated heterocycles. The highest BCUT2D eigenvalue weighted by Gasteiger charge is 2.54. The first kappa shape index (κ1) is 77.3. The molecule has 3 aromatic heterocycles. The van der Waals surface area contributed by atoms with E-state index in [1.807, 2.05) is 4.90 Å². The number of imidazole rings is 3. The number of likely N-dealkylation sites (tertiary alicyclic amines) is 2. The molecule has 576 valence electrons. The van der Waals surface area contributed by atoms with Gasteiger partial charge in [-0.3, -0.25) is 43.2 Å². The summed E-state index contributed by atoms with van der Waals surface area (Å²) in [5, 5.41) is 6.64. The molecule has 9 amide bonds. The minimum Gasteiger partial charge on any atom is -0.364 e. The monoisotopic (exact) mass is 1570 g/mol. The van der Waals surface area contributed by atoms with Crippen molar-refractivity contribution in [1.29, 1.82) is 0 Å². The topological polar surface area (TPSA) is 347 Å². The number of hydrogen-bond donors (Lipinski definition) is 6. The number of carbonyl (C=O) groups excluding carboxylic acids is 9. The van der Waals surface area contributed by atoms with Gasteiger partial charge in [-0.15, -0.1) is 0 Å². The zero-order valence-electron chi connectivity index (χ0n) is 60.0. The Balaban J connectivity index is 0.000000144. The second kappa shape index (κ2) is 30.9. The molecule has 9 fully saturated rings. The Morgan fingerprint density at radius 1 is 0.546 bits per heavy atom. The van der Waals surface area contributed by atoms with Gasteiger partial charge in [0.15, 0.2) is 26.9 Å². The van der Waals surface area contributed by atoms with Gasteiger partial charge in [-0.25, -0.2) is 36.5 Å². The second-order valence-corrected chi connectivity index (χ2v) is 34.2. The normalized spacial score (nSPS) is 25.9. The van der Waals surface area contributed by atoms with Gasteiger partial charge in [-0.05, 0) is 170 Å². The van der Waals surface area contributed by atoms with Crippen molar-refractivity contribution in [3.63, 3.8) is 0 Å². The lowest BCUT2D eigenvalue weighted by Crippen LogP contribution is -2.55. The van der Waals surface area contributed by atoms with Crippen molar-refractivity contribution in [3.8, 4) is 0 Å². The van der Waals surface area contributed by atoms with Gasteiger partial charge in [-0.2, -0.15) is 0 Å². The number of sulfone groups is 1. The van der Waals surface area contributed by atoms with Gasteiger partial charge >= 0.3 is 0 Å². The van der Waals surface area contributed by atoms with E-state index in [-0.39, 0.29) is 139 Å². The number of H-pyrrole nitrogens is 3. The quantitative estimate of drug-likeness (QED) is 0.0668. The standard InChI is InChI=1S/C27H32ClFN6O3.C26H31ClFN5O5S.C21H23ClFN5O3/c1-33-13-26(14-33)8-10-34(15-26)24(37)22-21(30-16-31-22)23(36)32-18-4-6-27(7-5-18)9-11-35(25(27)38)20-3-2-17(29)12-19(20)28;1-16-13-32(10-11-39(37,38)14-16)24(35)22-21(29-15-30-22)23(34)31-18-4-6-26(7-5-18)8-9-33(25(26)36)20-3-2-17(28)12-19(20)27;1-27(19(30)17-16(18(24)29)25-11-26-17)13-4-6-21(7-5-13)8-9-28(20(21)31)15-3-2-12(23)10-14(15)22/h2-3,12,16,18H,4-11,13-15H2,1H3,(H,30,31)(H,32,36);2-3,12,15-16,18H,4-11,13-14H2,1H3,(H,29,30)(H,31,34);2-3,10-11,13H,4-9H2,1H3,(H2,24,29)(H,25,26). The number of carbonyl (C=O) groups is 9. The summed E-state index contributed by atoms with van der Waals surface area (Å²) in [6, 6.07) is 11.8. The minimum atomic E-state index is -3.23. The molecule has 7 N–H and O–H groups in total. The smallest absolute Gasteiger partial charge is 0.272 e. The first-order valence-corrected chi connectivity index (χ1v) is 39.4. The van der Waals surface area contributed by atoms with Crippen LogP contribution in [-0.2, 0) is 24.2 Å². The minimum absolute atomic E-state index is 0.00183. The summed E-state index contributed by atoms with van der Waals surface area (Å²) >= 11 is 18.6. The summed E-state index contributed by atoms with van der Waals surface area (Å²) in [4.78, 5) is 149. The van der Waals surface area contributed by atoms with Crippen LogP contribution in [0.4, 0.5) is 30.2 Å². The van der Waals surface area contributed by atoms with Gasteiger partial charge in [0.2, 0.25) is 17.7 Å². The molecule has 6 aromatic rings. The van der Waals surface area contributed by atoms with Crippen molar-refractivity contribution in [2.75, 3.05) is 99.2 Å². The van der Waals surface area contributed by atoms with Crippen molar-refractivity contribution in [2.45, 2.75) is 128 Å². The number of nitrogens with two attached hydrogens (primary N) is 1. The van der Waals surface area contributed by atoms with Crippen molar-refractivity contribution >= 4 is 115 Å². The molecule has 4 spiro atoms.